The smallest absolute Gasteiger partial charge is 0.193 e. The molecule has 1 aliphatic heterocycles. The molecule has 0 saturated carbocycles. The van der Waals surface area contributed by atoms with Crippen LogP contribution >= 0.6 is 24.0 Å². The number of rotatable bonds is 8. The third-order valence-electron chi connectivity index (χ3n) is 4.70. The van der Waals surface area contributed by atoms with Crippen molar-refractivity contribution in [3.05, 3.63) is 12.2 Å². The third kappa shape index (κ3) is 6.40. The summed E-state index contributed by atoms with van der Waals surface area (Å²) in [7, 11) is 2.14. The van der Waals surface area contributed by atoms with Gasteiger partial charge in [0.2, 0.25) is 0 Å². The molecule has 0 amide bonds. The molecule has 1 unspecified atom stereocenters. The van der Waals surface area contributed by atoms with E-state index in [1.54, 1.807) is 6.33 Å². The first kappa shape index (κ1) is 22.1. The Labute approximate surface area is 169 Å². The zero-order valence-electron chi connectivity index (χ0n) is 16.1. The first-order chi connectivity index (χ1) is 11.7. The summed E-state index contributed by atoms with van der Waals surface area (Å²) in [5.41, 5.74) is 0. The zero-order chi connectivity index (χ0) is 17.4. The number of nitrogens with zero attached hydrogens (tertiary/aromatic N) is 6. The summed E-state index contributed by atoms with van der Waals surface area (Å²) in [5, 5.41) is 11.5. The molecule has 1 aromatic rings. The second-order valence-corrected chi connectivity index (χ2v) is 6.33. The van der Waals surface area contributed by atoms with Crippen LogP contribution in [0.25, 0.3) is 0 Å². The molecule has 1 saturated heterocycles. The highest BCUT2D eigenvalue weighted by Gasteiger charge is 2.24. The summed E-state index contributed by atoms with van der Waals surface area (Å²) in [6.07, 6.45) is 5.30. The van der Waals surface area contributed by atoms with Crippen LogP contribution in [0.2, 0.25) is 0 Å². The first-order valence-electron chi connectivity index (χ1n) is 9.29. The maximum absolute atomic E-state index is 4.79. The minimum absolute atomic E-state index is 0. The Bertz CT molecular complexity index is 517. The summed E-state index contributed by atoms with van der Waals surface area (Å²) < 4.78 is 2.09. The fourth-order valence-corrected chi connectivity index (χ4v) is 3.39. The van der Waals surface area contributed by atoms with Crippen LogP contribution in [-0.2, 0) is 13.0 Å². The van der Waals surface area contributed by atoms with E-state index in [-0.39, 0.29) is 24.0 Å². The number of likely N-dealkylation sites (tertiary alicyclic amines) is 1. The van der Waals surface area contributed by atoms with Crippen molar-refractivity contribution in [3.63, 3.8) is 0 Å². The Morgan fingerprint density at radius 2 is 2.20 bits per heavy atom. The highest BCUT2D eigenvalue weighted by atomic mass is 127. The first-order valence-corrected chi connectivity index (χ1v) is 9.29. The molecule has 144 valence electrons. The lowest BCUT2D eigenvalue weighted by Gasteiger charge is -2.29. The van der Waals surface area contributed by atoms with Crippen molar-refractivity contribution in [2.45, 2.75) is 52.6 Å². The van der Waals surface area contributed by atoms with E-state index in [2.05, 4.69) is 57.7 Å². The number of hydrogen-bond acceptors (Lipinski definition) is 4. The van der Waals surface area contributed by atoms with Crippen LogP contribution < -0.4 is 5.32 Å². The average Bonchev–Trinajstić information content (AvgIpc) is 3.22. The molecule has 2 heterocycles. The average molecular weight is 463 g/mol. The van der Waals surface area contributed by atoms with Gasteiger partial charge in [0.25, 0.3) is 0 Å². The van der Waals surface area contributed by atoms with Gasteiger partial charge in [-0.25, -0.2) is 0 Å². The van der Waals surface area contributed by atoms with Crippen LogP contribution in [0.5, 0.6) is 0 Å². The molecule has 0 aromatic carbocycles. The van der Waals surface area contributed by atoms with Crippen LogP contribution in [0.15, 0.2) is 11.3 Å². The number of aryl methyl sites for hydroxylation is 1. The van der Waals surface area contributed by atoms with E-state index in [1.165, 1.54) is 19.4 Å². The second-order valence-electron chi connectivity index (χ2n) is 6.33. The van der Waals surface area contributed by atoms with Gasteiger partial charge >= 0.3 is 0 Å². The van der Waals surface area contributed by atoms with Crippen LogP contribution in [0.3, 0.4) is 0 Å². The molecule has 1 N–H and O–H groups in total. The van der Waals surface area contributed by atoms with Gasteiger partial charge in [-0.05, 0) is 32.9 Å². The molecule has 0 aliphatic carbocycles. The van der Waals surface area contributed by atoms with E-state index < -0.39 is 0 Å². The van der Waals surface area contributed by atoms with Crippen molar-refractivity contribution in [2.75, 3.05) is 39.8 Å². The van der Waals surface area contributed by atoms with Gasteiger partial charge in [0.05, 0.1) is 6.54 Å². The standard InChI is InChI=1S/C17H33N7.HI/c1-5-16-21-20-14-24(16)12-10-19-17(18-6-2)22(4)13-15-9-8-11-23(15)7-3;/h14-15H,5-13H2,1-4H3,(H,18,19);1H. The van der Waals surface area contributed by atoms with Crippen molar-refractivity contribution >= 4 is 29.9 Å². The molecule has 1 atom stereocenters. The third-order valence-corrected chi connectivity index (χ3v) is 4.70. The lowest BCUT2D eigenvalue weighted by atomic mass is 10.2. The van der Waals surface area contributed by atoms with E-state index in [9.17, 15) is 0 Å². The van der Waals surface area contributed by atoms with E-state index in [0.29, 0.717) is 6.04 Å². The Kier molecular flexibility index (Phi) is 10.3. The number of hydrogen-bond donors (Lipinski definition) is 1. The molecule has 1 aliphatic rings. The summed E-state index contributed by atoms with van der Waals surface area (Å²) >= 11 is 0. The van der Waals surface area contributed by atoms with Crippen molar-refractivity contribution in [3.8, 4) is 0 Å². The highest BCUT2D eigenvalue weighted by molar-refractivity contribution is 14.0. The zero-order valence-corrected chi connectivity index (χ0v) is 18.4. The van der Waals surface area contributed by atoms with Gasteiger partial charge < -0.3 is 14.8 Å². The van der Waals surface area contributed by atoms with Gasteiger partial charge in [-0.15, -0.1) is 34.2 Å². The Balaban J connectivity index is 0.00000312. The van der Waals surface area contributed by atoms with Crippen molar-refractivity contribution in [1.82, 2.24) is 29.9 Å². The molecule has 1 fully saturated rings. The van der Waals surface area contributed by atoms with Crippen LogP contribution in [0, 0.1) is 0 Å². The van der Waals surface area contributed by atoms with Gasteiger partial charge in [-0.2, -0.15) is 0 Å². The fraction of sp³-hybridized carbons (Fsp3) is 0.824. The van der Waals surface area contributed by atoms with Crippen molar-refractivity contribution < 1.29 is 0 Å². The molecule has 2 rings (SSSR count). The topological polar surface area (TPSA) is 61.6 Å². The molecule has 7 nitrogen and oxygen atoms in total. The number of nitrogens with one attached hydrogen (secondary N) is 1. The van der Waals surface area contributed by atoms with E-state index in [4.69, 9.17) is 4.99 Å². The number of aromatic nitrogens is 3. The largest absolute Gasteiger partial charge is 0.357 e. The molecule has 0 bridgehead atoms. The van der Waals surface area contributed by atoms with Gasteiger partial charge in [0.15, 0.2) is 5.96 Å². The lowest BCUT2D eigenvalue weighted by molar-refractivity contribution is 0.232. The highest BCUT2D eigenvalue weighted by Crippen LogP contribution is 2.17. The fourth-order valence-electron chi connectivity index (χ4n) is 3.39. The van der Waals surface area contributed by atoms with Crippen molar-refractivity contribution in [1.29, 1.82) is 0 Å². The Morgan fingerprint density at radius 3 is 2.88 bits per heavy atom. The van der Waals surface area contributed by atoms with Crippen LogP contribution in [0.4, 0.5) is 0 Å². The predicted molar refractivity (Wildman–Crippen MR) is 114 cm³/mol. The number of aliphatic imine (C=N–C) groups is 1. The number of likely N-dealkylation sites (N-methyl/N-ethyl adjacent to an activating group) is 2. The van der Waals surface area contributed by atoms with Gasteiger partial charge in [0.1, 0.15) is 12.2 Å². The molecule has 0 spiro atoms. The number of halogens is 1. The Morgan fingerprint density at radius 1 is 1.40 bits per heavy atom. The summed E-state index contributed by atoms with van der Waals surface area (Å²) in [6, 6.07) is 0.647. The van der Waals surface area contributed by atoms with E-state index >= 15 is 0 Å². The van der Waals surface area contributed by atoms with E-state index in [1.807, 2.05) is 0 Å². The molecular weight excluding hydrogens is 429 g/mol. The minimum atomic E-state index is 0. The lowest BCUT2D eigenvalue weighted by Crippen LogP contribution is -2.46. The molecule has 1 aromatic heterocycles. The van der Waals surface area contributed by atoms with Crippen molar-refractivity contribution in [2.24, 2.45) is 4.99 Å². The van der Waals surface area contributed by atoms with Gasteiger partial charge in [-0.1, -0.05) is 13.8 Å². The second kappa shape index (κ2) is 11.7. The SMILES string of the molecule is CCNC(=NCCn1cnnc1CC)N(C)CC1CCCN1CC.I. The number of guanidine groups is 1. The van der Waals surface area contributed by atoms with Crippen LogP contribution in [-0.4, -0.2) is 76.3 Å². The molecule has 25 heavy (non-hydrogen) atoms. The Hall–Kier alpha value is -0.900. The molecular formula is C17H34IN7. The molecule has 8 heteroatoms. The quantitative estimate of drug-likeness (QED) is 0.362. The summed E-state index contributed by atoms with van der Waals surface area (Å²) in [4.78, 5) is 9.64. The summed E-state index contributed by atoms with van der Waals surface area (Å²) in [6.45, 7) is 12.3. The predicted octanol–water partition coefficient (Wildman–Crippen LogP) is 1.84. The molecule has 0 radical (unpaired) electrons. The minimum Gasteiger partial charge on any atom is -0.357 e. The van der Waals surface area contributed by atoms with E-state index in [0.717, 1.165) is 50.9 Å². The summed E-state index contributed by atoms with van der Waals surface area (Å²) in [5.74, 6) is 2.01. The maximum atomic E-state index is 4.79. The maximum Gasteiger partial charge on any atom is 0.193 e. The monoisotopic (exact) mass is 463 g/mol. The van der Waals surface area contributed by atoms with Crippen LogP contribution in [0.1, 0.15) is 39.4 Å². The van der Waals surface area contributed by atoms with Gasteiger partial charge in [0, 0.05) is 39.1 Å². The normalized spacial score (nSPS) is 18.2. The van der Waals surface area contributed by atoms with Gasteiger partial charge in [-0.3, -0.25) is 9.89 Å².